The lowest BCUT2D eigenvalue weighted by atomic mass is 9.89. The van der Waals surface area contributed by atoms with E-state index in [0.717, 1.165) is 11.1 Å². The SMILES string of the molecule is C=C1C[C@@H](C(OC)C(C)C(=O)NC(Cc2ccccc2)C(=O)O)N(C(=O)CC(OC)C(C(C)CC)N(C)C(=O)C(NC(=O)C(C(C)C)N(C)C(=O)CCCCCN2C(=O)C=CC2=O)C(C)C)C1. The fraction of sp³-hybridized carbons (Fsp3) is 0.640. The van der Waals surface area contributed by atoms with Crippen LogP contribution in [-0.4, -0.2) is 156 Å². The van der Waals surface area contributed by atoms with E-state index < -0.39 is 66.1 Å². The largest absolute Gasteiger partial charge is 0.480 e. The quantitative estimate of drug-likeness (QED) is 0.0652. The van der Waals surface area contributed by atoms with Crippen LogP contribution in [0, 0.1) is 23.7 Å². The number of hydrogen-bond acceptors (Lipinski definition) is 10. The van der Waals surface area contributed by atoms with Gasteiger partial charge < -0.3 is 39.9 Å². The van der Waals surface area contributed by atoms with Crippen LogP contribution in [0.2, 0.25) is 0 Å². The fourth-order valence-electron chi connectivity index (χ4n) is 9.21. The third-order valence-corrected chi connectivity index (χ3v) is 13.3. The summed E-state index contributed by atoms with van der Waals surface area (Å²) in [4.78, 5) is 112. The minimum atomic E-state index is -1.18. The molecule has 1 aromatic rings. The lowest BCUT2D eigenvalue weighted by molar-refractivity contribution is -0.149. The maximum absolute atomic E-state index is 14.6. The second kappa shape index (κ2) is 26.2. The number of likely N-dealkylation sites (N-methyl/N-ethyl adjacent to an activating group) is 2. The van der Waals surface area contributed by atoms with Crippen LogP contribution in [-0.2, 0) is 54.3 Å². The van der Waals surface area contributed by atoms with Crippen LogP contribution < -0.4 is 10.6 Å². The predicted molar refractivity (Wildman–Crippen MR) is 253 cm³/mol. The Morgan fingerprint density at radius 3 is 2.01 bits per heavy atom. The number of hydrogen-bond donors (Lipinski definition) is 3. The summed E-state index contributed by atoms with van der Waals surface area (Å²) in [5.74, 6) is -5.49. The average molecular weight is 937 g/mol. The Kier molecular flexibility index (Phi) is 21.9. The number of imide groups is 1. The van der Waals surface area contributed by atoms with Gasteiger partial charge in [-0.15, -0.1) is 0 Å². The molecule has 17 heteroatoms. The first-order valence-corrected chi connectivity index (χ1v) is 23.5. The highest BCUT2D eigenvalue weighted by atomic mass is 16.5. The molecular formula is C50H76N6O11. The van der Waals surface area contributed by atoms with Gasteiger partial charge in [-0.25, -0.2) is 4.79 Å². The standard InChI is InChI=1S/C50H76N6O11/c1-13-33(7)45(54(10)49(63)43(30(2)3)52-48(62)44(31(4)5)53(9)39(57)22-18-15-19-25-55-40(58)23-24-41(55)59)38(66-11)28-42(60)56-29-32(6)26-37(56)46(67-12)34(8)47(61)51-36(50(64)65)27-35-20-16-14-17-21-35/h14,16-17,20-21,23-24,30-31,33-34,36-38,43-46H,6,13,15,18-19,22,25-29H2,1-5,7-12H3,(H,51,61)(H,52,62)(H,64,65)/t33?,34?,36?,37-,38?,43?,44?,45?,46?/m0/s1. The molecule has 0 aromatic heterocycles. The van der Waals surface area contributed by atoms with Crippen LogP contribution in [0.5, 0.6) is 0 Å². The first-order chi connectivity index (χ1) is 31.6. The summed E-state index contributed by atoms with van der Waals surface area (Å²) in [5, 5.41) is 15.6. The Morgan fingerprint density at radius 2 is 1.48 bits per heavy atom. The number of ether oxygens (including phenoxy) is 2. The third kappa shape index (κ3) is 15.0. The number of nitrogens with one attached hydrogen (secondary N) is 2. The van der Waals surface area contributed by atoms with Gasteiger partial charge in [0.05, 0.1) is 36.6 Å². The van der Waals surface area contributed by atoms with Crippen molar-refractivity contribution in [2.75, 3.05) is 41.4 Å². The molecular weight excluding hydrogens is 861 g/mol. The lowest BCUT2D eigenvalue weighted by Gasteiger charge is -2.41. The van der Waals surface area contributed by atoms with Crippen molar-refractivity contribution in [3.05, 3.63) is 60.2 Å². The van der Waals surface area contributed by atoms with Gasteiger partial charge in [0.1, 0.15) is 18.1 Å². The van der Waals surface area contributed by atoms with Crippen LogP contribution >= 0.6 is 0 Å². The number of methoxy groups -OCH3 is 2. The Labute approximate surface area is 397 Å². The summed E-state index contributed by atoms with van der Waals surface area (Å²) in [6.07, 6.45) is 3.62. The Hall–Kier alpha value is -5.42. The van der Waals surface area contributed by atoms with Crippen molar-refractivity contribution in [3.8, 4) is 0 Å². The van der Waals surface area contributed by atoms with E-state index in [1.165, 1.54) is 36.2 Å². The number of aliphatic carboxylic acids is 1. The van der Waals surface area contributed by atoms with E-state index in [-0.39, 0.29) is 79.6 Å². The maximum Gasteiger partial charge on any atom is 0.326 e. The molecule has 0 aliphatic carbocycles. The maximum atomic E-state index is 14.6. The van der Waals surface area contributed by atoms with Crippen molar-refractivity contribution in [1.82, 2.24) is 30.2 Å². The number of carboxylic acids is 1. The minimum Gasteiger partial charge on any atom is -0.480 e. The van der Waals surface area contributed by atoms with E-state index in [1.807, 2.05) is 47.6 Å². The van der Waals surface area contributed by atoms with Crippen LogP contribution in [0.3, 0.4) is 0 Å². The van der Waals surface area contributed by atoms with Gasteiger partial charge >= 0.3 is 5.97 Å². The number of carboxylic acid groups (broad SMARTS) is 1. The molecule has 0 saturated carbocycles. The predicted octanol–water partition coefficient (Wildman–Crippen LogP) is 3.99. The van der Waals surface area contributed by atoms with Crippen molar-refractivity contribution in [2.45, 2.75) is 142 Å². The second-order valence-electron chi connectivity index (χ2n) is 18.8. The highest BCUT2D eigenvalue weighted by Gasteiger charge is 2.44. The fourth-order valence-corrected chi connectivity index (χ4v) is 9.21. The van der Waals surface area contributed by atoms with E-state index in [4.69, 9.17) is 9.47 Å². The minimum absolute atomic E-state index is 0.0856. The molecule has 1 saturated heterocycles. The van der Waals surface area contributed by atoms with Gasteiger partial charge in [-0.3, -0.25) is 38.5 Å². The molecule has 17 nitrogen and oxygen atoms in total. The topological polar surface area (TPSA) is 212 Å². The van der Waals surface area contributed by atoms with Gasteiger partial charge in [-0.1, -0.05) is 104 Å². The van der Waals surface area contributed by atoms with Gasteiger partial charge in [0, 0.05) is 66.4 Å². The summed E-state index contributed by atoms with van der Waals surface area (Å²) < 4.78 is 11.9. The number of nitrogens with zero attached hydrogens (tertiary/aromatic N) is 4. The summed E-state index contributed by atoms with van der Waals surface area (Å²) >= 11 is 0. The van der Waals surface area contributed by atoms with Crippen LogP contribution in [0.4, 0.5) is 0 Å². The molecule has 9 atom stereocenters. The van der Waals surface area contributed by atoms with Crippen molar-refractivity contribution in [2.24, 2.45) is 23.7 Å². The molecule has 2 heterocycles. The Bertz CT molecular complexity index is 1920. The molecule has 2 aliphatic rings. The summed E-state index contributed by atoms with van der Waals surface area (Å²) in [7, 11) is 6.15. The Morgan fingerprint density at radius 1 is 0.851 bits per heavy atom. The zero-order valence-electron chi connectivity index (χ0n) is 41.5. The average Bonchev–Trinajstić information content (AvgIpc) is 3.83. The molecule has 0 radical (unpaired) electrons. The van der Waals surface area contributed by atoms with Crippen molar-refractivity contribution in [3.63, 3.8) is 0 Å². The number of rotatable bonds is 27. The normalized spacial score (nSPS) is 18.6. The van der Waals surface area contributed by atoms with Crippen LogP contribution in [0.1, 0.15) is 99.0 Å². The Balaban J connectivity index is 1.74. The third-order valence-electron chi connectivity index (χ3n) is 13.3. The lowest BCUT2D eigenvalue weighted by Crippen LogP contribution is -2.60. The number of likely N-dealkylation sites (tertiary alicyclic amines) is 1. The van der Waals surface area contributed by atoms with Crippen molar-refractivity contribution >= 4 is 47.3 Å². The highest BCUT2D eigenvalue weighted by Crippen LogP contribution is 2.31. The molecule has 3 rings (SSSR count). The van der Waals surface area contributed by atoms with Crippen LogP contribution in [0.15, 0.2) is 54.6 Å². The van der Waals surface area contributed by atoms with Crippen molar-refractivity contribution < 1.29 is 52.9 Å². The van der Waals surface area contributed by atoms with Gasteiger partial charge in [-0.2, -0.15) is 0 Å². The smallest absolute Gasteiger partial charge is 0.326 e. The molecule has 7 amide bonds. The molecule has 67 heavy (non-hydrogen) atoms. The number of amides is 7. The first-order valence-electron chi connectivity index (χ1n) is 23.5. The molecule has 3 N–H and O–H groups in total. The van der Waals surface area contributed by atoms with E-state index in [0.29, 0.717) is 32.1 Å². The molecule has 372 valence electrons. The van der Waals surface area contributed by atoms with Gasteiger partial charge in [0.25, 0.3) is 11.8 Å². The van der Waals surface area contributed by atoms with E-state index in [1.54, 1.807) is 55.1 Å². The molecule has 0 bridgehead atoms. The van der Waals surface area contributed by atoms with Crippen molar-refractivity contribution in [1.29, 1.82) is 0 Å². The summed E-state index contributed by atoms with van der Waals surface area (Å²) in [6.45, 7) is 17.5. The molecule has 0 spiro atoms. The number of benzene rings is 1. The first kappa shape index (κ1) is 55.9. The molecule has 1 aromatic carbocycles. The number of carbonyl (C=O) groups excluding carboxylic acids is 7. The second-order valence-corrected chi connectivity index (χ2v) is 18.8. The molecule has 8 unspecified atom stereocenters. The van der Waals surface area contributed by atoms with Gasteiger partial charge in [0.15, 0.2) is 0 Å². The zero-order valence-corrected chi connectivity index (χ0v) is 41.5. The summed E-state index contributed by atoms with van der Waals surface area (Å²) in [6, 6.07) is 4.73. The number of unbranched alkanes of at least 4 members (excludes halogenated alkanes) is 2. The van der Waals surface area contributed by atoms with Gasteiger partial charge in [0.2, 0.25) is 29.5 Å². The molecule has 1 fully saturated rings. The molecule has 2 aliphatic heterocycles. The monoisotopic (exact) mass is 937 g/mol. The van der Waals surface area contributed by atoms with E-state index in [9.17, 15) is 43.5 Å². The highest BCUT2D eigenvalue weighted by molar-refractivity contribution is 6.12. The number of carbonyl (C=O) groups is 8. The van der Waals surface area contributed by atoms with Crippen LogP contribution in [0.25, 0.3) is 0 Å². The summed E-state index contributed by atoms with van der Waals surface area (Å²) in [5.41, 5.74) is 1.51. The zero-order chi connectivity index (χ0) is 50.3. The van der Waals surface area contributed by atoms with E-state index in [2.05, 4.69) is 17.2 Å². The van der Waals surface area contributed by atoms with Gasteiger partial charge in [-0.05, 0) is 42.6 Å². The van der Waals surface area contributed by atoms with E-state index >= 15 is 0 Å².